The highest BCUT2D eigenvalue weighted by Crippen LogP contribution is 2.71. The van der Waals surface area contributed by atoms with E-state index in [1.807, 2.05) is 0 Å². The molecule has 3 unspecified atom stereocenters. The normalized spacial score (nSPS) is 48.9. The first-order chi connectivity index (χ1) is 16.1. The molecule has 11 atom stereocenters. The molecule has 5 fully saturated rings. The summed E-state index contributed by atoms with van der Waals surface area (Å²) in [4.78, 5) is 15.0. The molecule has 194 valence electrons. The second-order valence-electron chi connectivity index (χ2n) is 14.8. The van der Waals surface area contributed by atoms with Crippen molar-refractivity contribution < 1.29 is 4.79 Å². The summed E-state index contributed by atoms with van der Waals surface area (Å²) >= 11 is 0. The van der Waals surface area contributed by atoms with E-state index in [0.29, 0.717) is 22.8 Å². The average Bonchev–Trinajstić information content (AvgIpc) is 3.49. The summed E-state index contributed by atoms with van der Waals surface area (Å²) in [7, 11) is 2.14. The molecule has 1 saturated heterocycles. The van der Waals surface area contributed by atoms with Crippen LogP contribution < -0.4 is 0 Å². The summed E-state index contributed by atoms with van der Waals surface area (Å²) in [5.74, 6) is 8.60. The minimum absolute atomic E-state index is 0.350. The number of fused-ring (bicyclic) bond motifs is 5. The van der Waals surface area contributed by atoms with Crippen LogP contribution >= 0.6 is 0 Å². The molecule has 0 bridgehead atoms. The maximum absolute atomic E-state index is 12.8. The Morgan fingerprint density at radius 2 is 1.68 bits per heavy atom. The van der Waals surface area contributed by atoms with Crippen molar-refractivity contribution in [3.8, 4) is 0 Å². The van der Waals surface area contributed by atoms with Gasteiger partial charge < -0.3 is 4.90 Å². The molecule has 2 heteroatoms. The van der Waals surface area contributed by atoms with Crippen LogP contribution in [0.3, 0.4) is 0 Å². The van der Waals surface area contributed by atoms with Crippen LogP contribution in [-0.4, -0.2) is 23.9 Å². The molecule has 0 N–H and O–H groups in total. The first-order valence-corrected chi connectivity index (χ1v) is 15.4. The lowest BCUT2D eigenvalue weighted by Crippen LogP contribution is -2.64. The van der Waals surface area contributed by atoms with Crippen molar-refractivity contribution >= 4 is 5.91 Å². The third-order valence-electron chi connectivity index (χ3n) is 12.9. The van der Waals surface area contributed by atoms with E-state index in [1.54, 1.807) is 0 Å². The number of carbonyl (C=O) groups excluding carboxylic acids is 1. The topological polar surface area (TPSA) is 20.3 Å². The SMILES string of the molecule is CCC1CC1C1C[C@H]2N(C)C(=O)CC[C@]2(C)[C@H]2CC[C@]3(C)[C@@H]([C@H](C)CCCC(C)C)CC[C@H]3[C@H]12. The molecule has 0 radical (unpaired) electrons. The van der Waals surface area contributed by atoms with E-state index in [1.165, 1.54) is 64.2 Å². The van der Waals surface area contributed by atoms with E-state index in [2.05, 4.69) is 53.5 Å². The van der Waals surface area contributed by atoms with Gasteiger partial charge in [0.2, 0.25) is 5.91 Å². The van der Waals surface area contributed by atoms with Crippen molar-refractivity contribution in [2.45, 2.75) is 125 Å². The highest BCUT2D eigenvalue weighted by molar-refractivity contribution is 5.77. The number of carbonyl (C=O) groups is 1. The van der Waals surface area contributed by atoms with E-state index in [9.17, 15) is 4.79 Å². The van der Waals surface area contributed by atoms with Crippen molar-refractivity contribution in [2.24, 2.45) is 64.1 Å². The van der Waals surface area contributed by atoms with Gasteiger partial charge >= 0.3 is 0 Å². The molecule has 0 aromatic carbocycles. The summed E-state index contributed by atoms with van der Waals surface area (Å²) in [5, 5.41) is 0. The second-order valence-corrected chi connectivity index (χ2v) is 14.8. The zero-order chi connectivity index (χ0) is 24.4. The summed E-state index contributed by atoms with van der Waals surface area (Å²) in [6, 6.07) is 0.495. The Hall–Kier alpha value is -0.530. The molecule has 34 heavy (non-hydrogen) atoms. The van der Waals surface area contributed by atoms with Gasteiger partial charge in [-0.15, -0.1) is 0 Å². The van der Waals surface area contributed by atoms with Crippen LogP contribution in [0.5, 0.6) is 0 Å². The summed E-state index contributed by atoms with van der Waals surface area (Å²) in [6.45, 7) is 15.1. The van der Waals surface area contributed by atoms with E-state index in [-0.39, 0.29) is 0 Å². The van der Waals surface area contributed by atoms with E-state index in [0.717, 1.165) is 66.1 Å². The average molecular weight is 470 g/mol. The number of nitrogens with zero attached hydrogens (tertiary/aromatic N) is 1. The molecule has 1 amide bonds. The first kappa shape index (κ1) is 25.1. The summed E-state index contributed by atoms with van der Waals surface area (Å²) in [6.07, 6.45) is 16.2. The highest BCUT2D eigenvalue weighted by atomic mass is 16.2. The standard InChI is InChI=1S/C32H55NO/c1-8-22-18-23(22)24-19-28-32(6,17-15-29(34)33(28)7)27-14-16-31(5)25(12-13-26(31)30(24)27)21(4)11-9-10-20(2)3/h20-28,30H,8-19H2,1-7H3/t21-,22?,23?,24?,25-,26+,27+,28-,30+,31-,32-/m1/s1. The monoisotopic (exact) mass is 469 g/mol. The molecule has 1 aliphatic heterocycles. The molecule has 0 aromatic rings. The van der Waals surface area contributed by atoms with E-state index in [4.69, 9.17) is 0 Å². The third-order valence-corrected chi connectivity index (χ3v) is 12.9. The van der Waals surface area contributed by atoms with Gasteiger partial charge in [-0.1, -0.05) is 67.2 Å². The quantitative estimate of drug-likeness (QED) is 0.368. The number of piperidine rings is 1. The van der Waals surface area contributed by atoms with Gasteiger partial charge in [0.1, 0.15) is 0 Å². The van der Waals surface area contributed by atoms with Crippen LogP contribution in [-0.2, 0) is 4.79 Å². The lowest BCUT2D eigenvalue weighted by Gasteiger charge is -2.64. The molecular formula is C32H55NO. The molecule has 5 rings (SSSR count). The lowest BCUT2D eigenvalue weighted by atomic mass is 9.43. The van der Waals surface area contributed by atoms with Gasteiger partial charge in [0, 0.05) is 19.5 Å². The van der Waals surface area contributed by atoms with Gasteiger partial charge in [0.15, 0.2) is 0 Å². The van der Waals surface area contributed by atoms with E-state index >= 15 is 0 Å². The molecule has 1 heterocycles. The molecule has 4 aliphatic carbocycles. The number of hydrogen-bond donors (Lipinski definition) is 0. The van der Waals surface area contributed by atoms with Gasteiger partial charge in [-0.25, -0.2) is 0 Å². The maximum Gasteiger partial charge on any atom is 0.222 e. The number of rotatable bonds is 7. The van der Waals surface area contributed by atoms with Gasteiger partial charge in [-0.05, 0) is 109 Å². The van der Waals surface area contributed by atoms with Crippen LogP contribution in [0.25, 0.3) is 0 Å². The predicted octanol–water partition coefficient (Wildman–Crippen LogP) is 8.20. The van der Waals surface area contributed by atoms with Crippen molar-refractivity contribution in [3.05, 3.63) is 0 Å². The van der Waals surface area contributed by atoms with Gasteiger partial charge in [-0.3, -0.25) is 4.79 Å². The fourth-order valence-electron chi connectivity index (χ4n) is 10.9. The first-order valence-electron chi connectivity index (χ1n) is 15.4. The molecular weight excluding hydrogens is 414 g/mol. The fourth-order valence-corrected chi connectivity index (χ4v) is 10.9. The van der Waals surface area contributed by atoms with Crippen molar-refractivity contribution in [2.75, 3.05) is 7.05 Å². The fraction of sp³-hybridized carbons (Fsp3) is 0.969. The molecule has 0 aromatic heterocycles. The molecule has 2 nitrogen and oxygen atoms in total. The lowest BCUT2D eigenvalue weighted by molar-refractivity contribution is -0.171. The second kappa shape index (κ2) is 9.09. The van der Waals surface area contributed by atoms with E-state index < -0.39 is 0 Å². The van der Waals surface area contributed by atoms with Crippen molar-refractivity contribution in [3.63, 3.8) is 0 Å². The van der Waals surface area contributed by atoms with Gasteiger partial charge in [0.25, 0.3) is 0 Å². The van der Waals surface area contributed by atoms with Crippen LogP contribution in [0.15, 0.2) is 0 Å². The van der Waals surface area contributed by atoms with Crippen LogP contribution in [0, 0.1) is 64.1 Å². The number of likely N-dealkylation sites (tertiary alicyclic amines) is 1. The Morgan fingerprint density at radius 3 is 2.35 bits per heavy atom. The van der Waals surface area contributed by atoms with Gasteiger partial charge in [0.05, 0.1) is 0 Å². The largest absolute Gasteiger partial charge is 0.342 e. The Kier molecular flexibility index (Phi) is 6.72. The Morgan fingerprint density at radius 1 is 0.941 bits per heavy atom. The van der Waals surface area contributed by atoms with Crippen molar-refractivity contribution in [1.29, 1.82) is 0 Å². The zero-order valence-corrected chi connectivity index (χ0v) is 23.6. The minimum atomic E-state index is 0.350. The summed E-state index contributed by atoms with van der Waals surface area (Å²) < 4.78 is 0. The van der Waals surface area contributed by atoms with Crippen LogP contribution in [0.2, 0.25) is 0 Å². The minimum Gasteiger partial charge on any atom is -0.342 e. The van der Waals surface area contributed by atoms with Crippen LogP contribution in [0.4, 0.5) is 0 Å². The maximum atomic E-state index is 12.8. The smallest absolute Gasteiger partial charge is 0.222 e. The summed E-state index contributed by atoms with van der Waals surface area (Å²) in [5.41, 5.74) is 0.912. The number of hydrogen-bond acceptors (Lipinski definition) is 1. The Balaban J connectivity index is 1.42. The zero-order valence-electron chi connectivity index (χ0n) is 23.6. The number of amides is 1. The molecule has 4 saturated carbocycles. The highest BCUT2D eigenvalue weighted by Gasteiger charge is 2.66. The van der Waals surface area contributed by atoms with Crippen molar-refractivity contribution in [1.82, 2.24) is 4.90 Å². The third kappa shape index (κ3) is 3.91. The Labute approximate surface area is 211 Å². The molecule has 5 aliphatic rings. The van der Waals surface area contributed by atoms with Crippen LogP contribution in [0.1, 0.15) is 119 Å². The Bertz CT molecular complexity index is 760. The molecule has 0 spiro atoms. The predicted molar refractivity (Wildman–Crippen MR) is 142 cm³/mol. The van der Waals surface area contributed by atoms with Gasteiger partial charge in [-0.2, -0.15) is 0 Å².